The first-order chi connectivity index (χ1) is 20.1. The summed E-state index contributed by atoms with van der Waals surface area (Å²) >= 11 is 0. The molecule has 3 aliphatic heterocycles. The normalized spacial score (nSPS) is 22.4. The molecule has 1 unspecified atom stereocenters. The first-order valence-electron chi connectivity index (χ1n) is 13.7. The number of ether oxygens (including phenoxy) is 1. The number of Topliss-reactive ketones (excluding diaryl/α,β-unsaturated/α-hetero) is 1. The number of likely N-dealkylation sites (tertiary alicyclic amines) is 1. The smallest absolute Gasteiger partial charge is 0.296 e. The maximum atomic E-state index is 14.4. The van der Waals surface area contributed by atoms with Crippen molar-refractivity contribution in [2.24, 2.45) is 0 Å². The Kier molecular flexibility index (Phi) is 8.08. The lowest BCUT2D eigenvalue weighted by atomic mass is 9.82. The van der Waals surface area contributed by atoms with Gasteiger partial charge in [-0.15, -0.1) is 6.58 Å². The van der Waals surface area contributed by atoms with Crippen LogP contribution in [0.2, 0.25) is 0 Å². The van der Waals surface area contributed by atoms with Crippen LogP contribution in [0.4, 0.5) is 5.69 Å². The number of sulfonamides is 1. The largest absolute Gasteiger partial charge is 0.507 e. The first-order valence-corrected chi connectivity index (χ1v) is 15.2. The summed E-state index contributed by atoms with van der Waals surface area (Å²) in [5, 5.41) is 11.7. The summed E-state index contributed by atoms with van der Waals surface area (Å²) < 4.78 is 32.8. The second-order valence-electron chi connectivity index (χ2n) is 10.6. The maximum Gasteiger partial charge on any atom is 0.296 e. The zero-order chi connectivity index (χ0) is 30.2. The number of benzene rings is 2. The van der Waals surface area contributed by atoms with Crippen molar-refractivity contribution in [2.45, 2.75) is 16.9 Å². The topological polar surface area (TPSA) is 128 Å². The van der Waals surface area contributed by atoms with Crippen LogP contribution in [-0.2, 0) is 34.7 Å². The molecular weight excluding hydrogens is 560 g/mol. The van der Waals surface area contributed by atoms with Crippen LogP contribution in [0.15, 0.2) is 71.7 Å². The van der Waals surface area contributed by atoms with Gasteiger partial charge >= 0.3 is 0 Å². The summed E-state index contributed by atoms with van der Waals surface area (Å²) in [6.45, 7) is 5.64. The third kappa shape index (κ3) is 4.64. The highest BCUT2D eigenvalue weighted by molar-refractivity contribution is 7.89. The van der Waals surface area contributed by atoms with Gasteiger partial charge in [0.15, 0.2) is 5.54 Å². The number of para-hydroxylation sites is 1. The van der Waals surface area contributed by atoms with E-state index >= 15 is 0 Å². The Morgan fingerprint density at radius 3 is 2.38 bits per heavy atom. The molecule has 0 aromatic heterocycles. The van der Waals surface area contributed by atoms with Gasteiger partial charge in [0.1, 0.15) is 5.76 Å². The average Bonchev–Trinajstić information content (AvgIpc) is 3.36. The molecule has 2 aromatic carbocycles. The zero-order valence-corrected chi connectivity index (χ0v) is 24.5. The molecule has 0 saturated carbocycles. The Labute approximate surface area is 245 Å². The quantitative estimate of drug-likeness (QED) is 0.201. The highest BCUT2D eigenvalue weighted by Gasteiger charge is 2.66. The molecule has 2 saturated heterocycles. The van der Waals surface area contributed by atoms with Crippen molar-refractivity contribution in [1.82, 2.24) is 14.1 Å². The third-order valence-corrected chi connectivity index (χ3v) is 9.76. The van der Waals surface area contributed by atoms with Crippen LogP contribution in [0.25, 0.3) is 5.76 Å². The number of aliphatic hydroxyl groups is 1. The molecule has 11 nitrogen and oxygen atoms in total. The van der Waals surface area contributed by atoms with E-state index in [1.165, 1.54) is 38.4 Å². The lowest BCUT2D eigenvalue weighted by molar-refractivity contribution is -0.143. The molecular formula is C30H34N4O7S. The highest BCUT2D eigenvalue weighted by atomic mass is 32.2. The minimum atomic E-state index is -3.80. The molecule has 1 N–H and O–H groups in total. The number of aliphatic hydroxyl groups excluding tert-OH is 1. The fourth-order valence-electron chi connectivity index (χ4n) is 5.89. The number of hydrogen-bond acceptors (Lipinski definition) is 8. The van der Waals surface area contributed by atoms with Crippen LogP contribution in [-0.4, -0.2) is 105 Å². The van der Waals surface area contributed by atoms with Crippen molar-refractivity contribution in [1.29, 1.82) is 0 Å². The minimum absolute atomic E-state index is 0.0132. The van der Waals surface area contributed by atoms with E-state index in [4.69, 9.17) is 4.74 Å². The van der Waals surface area contributed by atoms with Gasteiger partial charge in [-0.3, -0.25) is 14.4 Å². The maximum absolute atomic E-state index is 14.4. The van der Waals surface area contributed by atoms with Gasteiger partial charge in [0, 0.05) is 37.3 Å². The molecule has 2 fully saturated rings. The number of hydrogen-bond donors (Lipinski definition) is 1. The SMILES string of the molecule is C=CCN1C(=O)C2(/C(=C(/O)c3ccc(S(=O)(=O)N4CCOCC4)cc3)C(=O)C(=O)N2CCCN(C)C)c2ccccc21. The zero-order valence-electron chi connectivity index (χ0n) is 23.7. The van der Waals surface area contributed by atoms with Crippen LogP contribution in [0.5, 0.6) is 0 Å². The van der Waals surface area contributed by atoms with E-state index in [0.717, 1.165) is 0 Å². The minimum Gasteiger partial charge on any atom is -0.507 e. The molecule has 2 aromatic rings. The predicted molar refractivity (Wildman–Crippen MR) is 156 cm³/mol. The molecule has 0 radical (unpaired) electrons. The van der Waals surface area contributed by atoms with Crippen molar-refractivity contribution < 1.29 is 32.6 Å². The summed E-state index contributed by atoms with van der Waals surface area (Å²) in [5.74, 6) is -2.96. The molecule has 0 bridgehead atoms. The number of nitrogens with zero attached hydrogens (tertiary/aromatic N) is 4. The second kappa shape index (κ2) is 11.4. The van der Waals surface area contributed by atoms with Crippen molar-refractivity contribution in [2.75, 3.05) is 64.9 Å². The van der Waals surface area contributed by atoms with E-state index in [-0.39, 0.29) is 42.2 Å². The van der Waals surface area contributed by atoms with Crippen molar-refractivity contribution >= 4 is 39.1 Å². The van der Waals surface area contributed by atoms with E-state index in [9.17, 15) is 27.9 Å². The Hall–Kier alpha value is -3.84. The van der Waals surface area contributed by atoms with Gasteiger partial charge in [-0.25, -0.2) is 8.42 Å². The standard InChI is InChI=1S/C30H34N4O7S/c1-4-14-33-24-9-6-5-8-23(24)30(29(33)38)25(27(36)28(37)34(30)16-7-15-31(2)3)26(35)21-10-12-22(13-11-21)42(39,40)32-17-19-41-20-18-32/h4-6,8-13,35H,1,7,14-20H2,2-3H3/b26-25+. The van der Waals surface area contributed by atoms with Gasteiger partial charge in [0.25, 0.3) is 17.6 Å². The van der Waals surface area contributed by atoms with Gasteiger partial charge in [0.2, 0.25) is 10.0 Å². The molecule has 12 heteroatoms. The molecule has 1 atom stereocenters. The van der Waals surface area contributed by atoms with Crippen molar-refractivity contribution in [3.63, 3.8) is 0 Å². The van der Waals surface area contributed by atoms with E-state index in [2.05, 4.69) is 6.58 Å². The second-order valence-corrected chi connectivity index (χ2v) is 12.6. The van der Waals surface area contributed by atoms with E-state index in [0.29, 0.717) is 37.4 Å². The summed E-state index contributed by atoms with van der Waals surface area (Å²) in [6, 6.07) is 12.3. The molecule has 0 aliphatic carbocycles. The fraction of sp³-hybridized carbons (Fsp3) is 0.367. The number of ketones is 1. The number of carbonyl (C=O) groups is 3. The van der Waals surface area contributed by atoms with Crippen molar-refractivity contribution in [3.8, 4) is 0 Å². The molecule has 3 heterocycles. The molecule has 5 rings (SSSR count). The van der Waals surface area contributed by atoms with E-state index in [1.807, 2.05) is 19.0 Å². The summed E-state index contributed by atoms with van der Waals surface area (Å²) in [6.07, 6.45) is 2.03. The first kappa shape index (κ1) is 29.6. The predicted octanol–water partition coefficient (Wildman–Crippen LogP) is 1.77. The van der Waals surface area contributed by atoms with Crippen LogP contribution in [0.3, 0.4) is 0 Å². The van der Waals surface area contributed by atoms with E-state index in [1.54, 1.807) is 30.3 Å². The molecule has 222 valence electrons. The number of anilines is 1. The lowest BCUT2D eigenvalue weighted by Crippen LogP contribution is -2.52. The van der Waals surface area contributed by atoms with Gasteiger partial charge < -0.3 is 24.5 Å². The fourth-order valence-corrected chi connectivity index (χ4v) is 7.30. The number of fused-ring (bicyclic) bond motifs is 2. The summed E-state index contributed by atoms with van der Waals surface area (Å²) in [4.78, 5) is 46.4. The van der Waals surface area contributed by atoms with Crippen LogP contribution in [0.1, 0.15) is 17.5 Å². The molecule has 1 spiro atoms. The Morgan fingerprint density at radius 1 is 1.07 bits per heavy atom. The number of amides is 2. The van der Waals surface area contributed by atoms with Gasteiger partial charge in [-0.05, 0) is 57.4 Å². The Morgan fingerprint density at radius 2 is 1.74 bits per heavy atom. The van der Waals surface area contributed by atoms with Crippen LogP contribution < -0.4 is 4.90 Å². The molecule has 2 amide bonds. The summed E-state index contributed by atoms with van der Waals surface area (Å²) in [5.41, 5.74) is -1.20. The number of carbonyl (C=O) groups excluding carboxylic acids is 3. The number of rotatable bonds is 9. The van der Waals surface area contributed by atoms with E-state index < -0.39 is 38.9 Å². The lowest BCUT2D eigenvalue weighted by Gasteiger charge is -2.34. The van der Waals surface area contributed by atoms with Crippen LogP contribution in [0, 0.1) is 0 Å². The third-order valence-electron chi connectivity index (χ3n) is 7.84. The highest BCUT2D eigenvalue weighted by Crippen LogP contribution is 2.53. The molecule has 42 heavy (non-hydrogen) atoms. The molecule has 3 aliphatic rings. The summed E-state index contributed by atoms with van der Waals surface area (Å²) in [7, 11) is -0.0344. The Balaban J connectivity index is 1.65. The average molecular weight is 595 g/mol. The van der Waals surface area contributed by atoms with Crippen molar-refractivity contribution in [3.05, 3.63) is 77.9 Å². The van der Waals surface area contributed by atoms with Gasteiger partial charge in [0.05, 0.1) is 29.4 Å². The van der Waals surface area contributed by atoms with Gasteiger partial charge in [-0.1, -0.05) is 24.3 Å². The van der Waals surface area contributed by atoms with Gasteiger partial charge in [-0.2, -0.15) is 4.31 Å². The monoisotopic (exact) mass is 594 g/mol. The number of morpholine rings is 1. The van der Waals surface area contributed by atoms with Crippen LogP contribution >= 0.6 is 0 Å². The Bertz CT molecular complexity index is 1560.